The Morgan fingerprint density at radius 2 is 1.73 bits per heavy atom. The molecule has 0 bridgehead atoms. The Balaban J connectivity index is 0. The zero-order valence-corrected chi connectivity index (χ0v) is 11.7. The first-order valence-corrected chi connectivity index (χ1v) is 6.45. The second-order valence-corrected chi connectivity index (χ2v) is 3.67. The van der Waals surface area contributed by atoms with Crippen molar-refractivity contribution in [2.75, 3.05) is 0 Å². The number of rotatable bonds is 2. The highest BCUT2D eigenvalue weighted by molar-refractivity contribution is 7.13. The molecule has 0 saturated carbocycles. The molecule has 86 valence electrons. The topological polar surface area (TPSA) is 0 Å². The average Bonchev–Trinajstić information content (AvgIpc) is 2.65. The van der Waals surface area contributed by atoms with Crippen molar-refractivity contribution in [2.45, 2.75) is 41.5 Å². The van der Waals surface area contributed by atoms with Crippen LogP contribution in [0.4, 0.5) is 0 Å². The van der Waals surface area contributed by atoms with Gasteiger partial charge in [0.25, 0.3) is 0 Å². The van der Waals surface area contributed by atoms with E-state index in [4.69, 9.17) is 0 Å². The molecule has 0 saturated heterocycles. The van der Waals surface area contributed by atoms with E-state index in [0.717, 1.165) is 0 Å². The van der Waals surface area contributed by atoms with Gasteiger partial charge in [0.2, 0.25) is 0 Å². The fourth-order valence-electron chi connectivity index (χ4n) is 1.02. The van der Waals surface area contributed by atoms with Gasteiger partial charge in [-0.05, 0) is 25.5 Å². The van der Waals surface area contributed by atoms with Crippen LogP contribution < -0.4 is 0 Å². The average molecular weight is 224 g/mol. The summed E-state index contributed by atoms with van der Waals surface area (Å²) in [5.41, 5.74) is 1.28. The maximum absolute atomic E-state index is 3.76. The van der Waals surface area contributed by atoms with E-state index in [1.165, 1.54) is 15.3 Å². The molecule has 1 heterocycles. The van der Waals surface area contributed by atoms with Crippen LogP contribution in [0.1, 0.15) is 49.9 Å². The van der Waals surface area contributed by atoms with Gasteiger partial charge in [-0.1, -0.05) is 52.5 Å². The predicted octanol–water partition coefficient (Wildman–Crippen LogP) is 5.79. The molecule has 0 amide bonds. The molecule has 0 aliphatic carbocycles. The third kappa shape index (κ3) is 6.29. The fraction of sp³-hybridized carbons (Fsp3) is 0.429. The summed E-state index contributed by atoms with van der Waals surface area (Å²) in [6.07, 6.45) is 6.07. The highest BCUT2D eigenvalue weighted by Gasteiger charge is 1.98. The van der Waals surface area contributed by atoms with Crippen LogP contribution in [0, 0.1) is 6.92 Å². The normalized spacial score (nSPS) is 8.67. The lowest BCUT2D eigenvalue weighted by atomic mass is 10.2. The van der Waals surface area contributed by atoms with E-state index >= 15 is 0 Å². The number of hydrogen-bond donors (Lipinski definition) is 0. The molecule has 1 aromatic heterocycles. The molecule has 0 radical (unpaired) electrons. The Labute approximate surface area is 99.4 Å². The van der Waals surface area contributed by atoms with E-state index in [-0.39, 0.29) is 0 Å². The van der Waals surface area contributed by atoms with Gasteiger partial charge in [0.1, 0.15) is 0 Å². The third-order valence-corrected chi connectivity index (χ3v) is 2.51. The molecule has 0 aliphatic heterocycles. The second kappa shape index (κ2) is 11.3. The Hall–Kier alpha value is -0.820. The van der Waals surface area contributed by atoms with Crippen LogP contribution in [0.25, 0.3) is 12.2 Å². The molecule has 0 fully saturated rings. The molecular formula is C14H24S. The molecule has 0 atom stereocenters. The van der Waals surface area contributed by atoms with Crippen molar-refractivity contribution in [3.05, 3.63) is 34.0 Å². The van der Waals surface area contributed by atoms with Crippen molar-refractivity contribution in [1.82, 2.24) is 0 Å². The smallest absolute Gasteiger partial charge is 0.0339 e. The summed E-state index contributed by atoms with van der Waals surface area (Å²) >= 11 is 1.78. The maximum atomic E-state index is 3.76. The molecule has 0 N–H and O–H groups in total. The molecule has 0 aliphatic rings. The standard InChI is InChI=1S/C10H12S.2C2H6/c1-4-6-9-7-8(3)11-10(9)5-2;2*1-2/h4-7H,2H2,1,3H3;2*1-2H3/b6-4-;;. The molecule has 1 aromatic rings. The van der Waals surface area contributed by atoms with Gasteiger partial charge in [0.05, 0.1) is 0 Å². The van der Waals surface area contributed by atoms with Gasteiger partial charge >= 0.3 is 0 Å². The molecule has 0 aromatic carbocycles. The van der Waals surface area contributed by atoms with Crippen LogP contribution in [0.2, 0.25) is 0 Å². The second-order valence-electron chi connectivity index (χ2n) is 2.38. The van der Waals surface area contributed by atoms with Gasteiger partial charge in [-0.2, -0.15) is 0 Å². The van der Waals surface area contributed by atoms with Crippen LogP contribution in [0.3, 0.4) is 0 Å². The first-order chi connectivity index (χ1) is 7.27. The summed E-state index contributed by atoms with van der Waals surface area (Å²) in [6.45, 7) is 15.9. The van der Waals surface area contributed by atoms with Crippen molar-refractivity contribution in [2.24, 2.45) is 0 Å². The van der Waals surface area contributed by atoms with Crippen LogP contribution >= 0.6 is 11.3 Å². The summed E-state index contributed by atoms with van der Waals surface area (Å²) in [5.74, 6) is 0. The van der Waals surface area contributed by atoms with E-state index in [1.54, 1.807) is 11.3 Å². The monoisotopic (exact) mass is 224 g/mol. The Morgan fingerprint density at radius 1 is 1.20 bits per heavy atom. The summed E-state index contributed by atoms with van der Waals surface area (Å²) in [6, 6.07) is 2.18. The first kappa shape index (κ1) is 16.6. The van der Waals surface area contributed by atoms with Gasteiger partial charge in [0, 0.05) is 9.75 Å². The third-order valence-electron chi connectivity index (χ3n) is 1.45. The summed E-state index contributed by atoms with van der Waals surface area (Å²) < 4.78 is 0. The van der Waals surface area contributed by atoms with Crippen LogP contribution in [0.15, 0.2) is 18.7 Å². The van der Waals surface area contributed by atoms with Gasteiger partial charge in [0.15, 0.2) is 0 Å². The molecule has 0 spiro atoms. The minimum Gasteiger partial charge on any atom is -0.141 e. The van der Waals surface area contributed by atoms with E-state index in [1.807, 2.05) is 40.7 Å². The number of hydrogen-bond acceptors (Lipinski definition) is 1. The highest BCUT2D eigenvalue weighted by Crippen LogP contribution is 2.23. The summed E-state index contributed by atoms with van der Waals surface area (Å²) in [7, 11) is 0. The Kier molecular flexibility index (Phi) is 12.5. The zero-order valence-electron chi connectivity index (χ0n) is 10.9. The number of allylic oxidation sites excluding steroid dienone is 1. The summed E-state index contributed by atoms with van der Waals surface area (Å²) in [4.78, 5) is 2.61. The molecular weight excluding hydrogens is 200 g/mol. The predicted molar refractivity (Wildman–Crippen MR) is 76.6 cm³/mol. The van der Waals surface area contributed by atoms with Gasteiger partial charge in [-0.3, -0.25) is 0 Å². The number of thiophene rings is 1. The lowest BCUT2D eigenvalue weighted by Crippen LogP contribution is -1.66. The van der Waals surface area contributed by atoms with Gasteiger partial charge in [-0.15, -0.1) is 11.3 Å². The van der Waals surface area contributed by atoms with E-state index in [2.05, 4.69) is 31.7 Å². The Bertz CT molecular complexity index is 280. The lowest BCUT2D eigenvalue weighted by molar-refractivity contribution is 1.50. The highest BCUT2D eigenvalue weighted by atomic mass is 32.1. The van der Waals surface area contributed by atoms with Crippen molar-refractivity contribution in [3.63, 3.8) is 0 Å². The van der Waals surface area contributed by atoms with Gasteiger partial charge < -0.3 is 0 Å². The van der Waals surface area contributed by atoms with Crippen LogP contribution in [-0.4, -0.2) is 0 Å². The van der Waals surface area contributed by atoms with Crippen molar-refractivity contribution in [3.8, 4) is 0 Å². The summed E-state index contributed by atoms with van der Waals surface area (Å²) in [5, 5.41) is 0. The minimum absolute atomic E-state index is 1.26. The fourth-order valence-corrected chi connectivity index (χ4v) is 1.88. The van der Waals surface area contributed by atoms with E-state index in [0.29, 0.717) is 0 Å². The Morgan fingerprint density at radius 3 is 2.13 bits per heavy atom. The quantitative estimate of drug-likeness (QED) is 0.597. The molecule has 1 heteroatoms. The molecule has 0 unspecified atom stereocenters. The SMILES string of the molecule is C=Cc1sc(C)cc1/C=C\C.CC.CC. The molecule has 1 rings (SSSR count). The van der Waals surface area contributed by atoms with E-state index in [9.17, 15) is 0 Å². The number of aryl methyl sites for hydroxylation is 1. The van der Waals surface area contributed by atoms with Gasteiger partial charge in [-0.25, -0.2) is 0 Å². The largest absolute Gasteiger partial charge is 0.141 e. The van der Waals surface area contributed by atoms with Crippen molar-refractivity contribution < 1.29 is 0 Å². The first-order valence-electron chi connectivity index (χ1n) is 5.63. The molecule has 0 nitrogen and oxygen atoms in total. The van der Waals surface area contributed by atoms with E-state index < -0.39 is 0 Å². The molecule has 15 heavy (non-hydrogen) atoms. The van der Waals surface area contributed by atoms with Crippen LogP contribution in [-0.2, 0) is 0 Å². The lowest BCUT2D eigenvalue weighted by Gasteiger charge is -1.86. The van der Waals surface area contributed by atoms with Crippen molar-refractivity contribution in [1.29, 1.82) is 0 Å². The van der Waals surface area contributed by atoms with Crippen LogP contribution in [0.5, 0.6) is 0 Å². The minimum atomic E-state index is 1.26. The zero-order chi connectivity index (χ0) is 12.3. The maximum Gasteiger partial charge on any atom is 0.0339 e. The van der Waals surface area contributed by atoms with Crippen molar-refractivity contribution >= 4 is 23.5 Å².